The molecule has 3 N–H and O–H groups in total. The number of hydrogen-bond acceptors (Lipinski definition) is 11. The second-order valence-electron chi connectivity index (χ2n) is 6.96. The third-order valence-electron chi connectivity index (χ3n) is 4.92. The summed E-state index contributed by atoms with van der Waals surface area (Å²) in [7, 11) is 1.22. The fraction of sp³-hybridized carbons (Fsp3) is 0.190. The van der Waals surface area contributed by atoms with E-state index in [2.05, 4.69) is 30.1 Å². The first-order chi connectivity index (χ1) is 16.8. The van der Waals surface area contributed by atoms with E-state index in [1.807, 2.05) is 0 Å². The van der Waals surface area contributed by atoms with Gasteiger partial charge in [-0.15, -0.1) is 0 Å². The lowest BCUT2D eigenvalue weighted by Gasteiger charge is -2.14. The summed E-state index contributed by atoms with van der Waals surface area (Å²) in [5.74, 6) is 0.195. The minimum atomic E-state index is -4.18. The van der Waals surface area contributed by atoms with Gasteiger partial charge in [0.2, 0.25) is 0 Å². The lowest BCUT2D eigenvalue weighted by molar-refractivity contribution is 0.0594. The van der Waals surface area contributed by atoms with Crippen molar-refractivity contribution in [2.24, 2.45) is 0 Å². The fourth-order valence-electron chi connectivity index (χ4n) is 3.30. The maximum Gasteiger partial charge on any atom is 0.356 e. The van der Waals surface area contributed by atoms with Gasteiger partial charge >= 0.3 is 5.97 Å². The summed E-state index contributed by atoms with van der Waals surface area (Å²) in [6, 6.07) is 9.15. The van der Waals surface area contributed by atoms with Gasteiger partial charge in [0.1, 0.15) is 22.9 Å². The van der Waals surface area contributed by atoms with Crippen LogP contribution >= 0.6 is 0 Å². The van der Waals surface area contributed by atoms with Crippen molar-refractivity contribution in [2.75, 3.05) is 38.5 Å². The maximum atomic E-state index is 13.2. The number of hydrogen-bond donors (Lipinski definition) is 3. The van der Waals surface area contributed by atoms with Gasteiger partial charge in [-0.2, -0.15) is 5.10 Å². The van der Waals surface area contributed by atoms with E-state index in [1.54, 1.807) is 18.2 Å². The average molecular weight is 503 g/mol. The molecule has 0 aliphatic rings. The molecule has 35 heavy (non-hydrogen) atoms. The normalized spacial score (nSPS) is 11.2. The number of fused-ring (bicyclic) bond motifs is 1. The molecule has 0 unspecified atom stereocenters. The van der Waals surface area contributed by atoms with Crippen LogP contribution in [0.1, 0.15) is 10.5 Å². The Morgan fingerprint density at radius 1 is 1.00 bits per heavy atom. The van der Waals surface area contributed by atoms with Crippen molar-refractivity contribution >= 4 is 44.3 Å². The molecule has 2 aromatic carbocycles. The van der Waals surface area contributed by atoms with Crippen LogP contribution in [-0.2, 0) is 14.8 Å². The van der Waals surface area contributed by atoms with Crippen molar-refractivity contribution < 1.29 is 36.7 Å². The number of H-pyrrole nitrogens is 1. The molecular formula is C21H21N5O8S. The van der Waals surface area contributed by atoms with E-state index >= 15 is 0 Å². The number of carbonyl (C=O) groups is 1. The van der Waals surface area contributed by atoms with Gasteiger partial charge in [0, 0.05) is 12.1 Å². The molecule has 0 amide bonds. The Bertz CT molecular complexity index is 1470. The number of sulfonamides is 1. The number of aromatic nitrogens is 3. The first kappa shape index (κ1) is 23.7. The molecule has 0 radical (unpaired) electrons. The highest BCUT2D eigenvalue weighted by atomic mass is 32.2. The van der Waals surface area contributed by atoms with Crippen molar-refractivity contribution in [3.05, 3.63) is 42.1 Å². The van der Waals surface area contributed by atoms with Crippen LogP contribution in [0.5, 0.6) is 17.2 Å². The Balaban J connectivity index is 1.69. The topological polar surface area (TPSA) is 167 Å². The van der Waals surface area contributed by atoms with Crippen LogP contribution in [0, 0.1) is 0 Å². The maximum absolute atomic E-state index is 13.2. The number of nitrogens with zero attached hydrogens (tertiary/aromatic N) is 2. The SMILES string of the molecule is COC(=O)c1cc(Nc2cc3onc(NS(=O)(=O)c4c(OC)cccc4OC)c3cc2OC)n[nH]1. The van der Waals surface area contributed by atoms with Gasteiger partial charge in [-0.1, -0.05) is 11.2 Å². The summed E-state index contributed by atoms with van der Waals surface area (Å²) in [5, 5.41) is 13.8. The Kier molecular flexibility index (Phi) is 6.38. The van der Waals surface area contributed by atoms with Crippen molar-refractivity contribution in [3.63, 3.8) is 0 Å². The summed E-state index contributed by atoms with van der Waals surface area (Å²) < 4.78 is 54.7. The molecule has 0 saturated heterocycles. The number of ether oxygens (including phenoxy) is 4. The molecule has 0 fully saturated rings. The van der Waals surface area contributed by atoms with Crippen LogP contribution in [0.15, 0.2) is 45.8 Å². The zero-order valence-corrected chi connectivity index (χ0v) is 19.8. The molecule has 4 aromatic rings. The number of carbonyl (C=O) groups excluding carboxylic acids is 1. The Hall–Kier alpha value is -4.46. The number of anilines is 3. The van der Waals surface area contributed by atoms with Crippen molar-refractivity contribution in [2.45, 2.75) is 4.90 Å². The number of methoxy groups -OCH3 is 4. The molecule has 2 aromatic heterocycles. The van der Waals surface area contributed by atoms with Crippen LogP contribution in [0.2, 0.25) is 0 Å². The molecule has 13 nitrogen and oxygen atoms in total. The smallest absolute Gasteiger partial charge is 0.356 e. The van der Waals surface area contributed by atoms with E-state index in [1.165, 1.54) is 46.6 Å². The molecule has 0 bridgehead atoms. The van der Waals surface area contributed by atoms with Crippen molar-refractivity contribution in [3.8, 4) is 17.2 Å². The first-order valence-corrected chi connectivity index (χ1v) is 11.4. The highest BCUT2D eigenvalue weighted by Gasteiger charge is 2.27. The number of benzene rings is 2. The second-order valence-corrected chi connectivity index (χ2v) is 8.58. The largest absolute Gasteiger partial charge is 0.495 e. The number of nitrogens with one attached hydrogen (secondary N) is 3. The van der Waals surface area contributed by atoms with Gasteiger partial charge in [-0.25, -0.2) is 13.2 Å². The molecule has 0 atom stereocenters. The summed E-state index contributed by atoms with van der Waals surface area (Å²) in [5.41, 5.74) is 0.833. The van der Waals surface area contributed by atoms with Crippen LogP contribution in [0.25, 0.3) is 11.0 Å². The zero-order valence-electron chi connectivity index (χ0n) is 19.0. The van der Waals surface area contributed by atoms with Gasteiger partial charge in [0.05, 0.1) is 39.5 Å². The Morgan fingerprint density at radius 3 is 2.31 bits per heavy atom. The van der Waals surface area contributed by atoms with Gasteiger partial charge in [0.15, 0.2) is 22.1 Å². The quantitative estimate of drug-likeness (QED) is 0.287. The third kappa shape index (κ3) is 4.50. The lowest BCUT2D eigenvalue weighted by atomic mass is 10.2. The highest BCUT2D eigenvalue weighted by Crippen LogP contribution is 2.38. The van der Waals surface area contributed by atoms with Gasteiger partial charge < -0.3 is 28.8 Å². The molecular weight excluding hydrogens is 482 g/mol. The molecule has 4 rings (SSSR count). The summed E-state index contributed by atoms with van der Waals surface area (Å²) in [4.78, 5) is 11.4. The van der Waals surface area contributed by atoms with Crippen LogP contribution in [0.4, 0.5) is 17.3 Å². The standard InChI is InChI=1S/C21H21N5O8S/c1-30-14-6-5-7-15(31-2)19(14)35(28,29)26-20-11-8-17(32-3)12(9-16(11)34-25-20)22-18-10-13(23-24-18)21(27)33-4/h5-10H,1-4H3,(H,25,26)(H2,22,23,24). The Labute approximate surface area is 199 Å². The molecule has 0 aliphatic heterocycles. The number of aromatic amines is 1. The van der Waals surface area contributed by atoms with E-state index in [9.17, 15) is 13.2 Å². The minimum absolute atomic E-state index is 0.0643. The summed E-state index contributed by atoms with van der Waals surface area (Å²) in [6.45, 7) is 0. The van der Waals surface area contributed by atoms with Gasteiger partial charge in [-0.05, 0) is 18.2 Å². The van der Waals surface area contributed by atoms with Crippen LogP contribution in [-0.4, -0.2) is 58.2 Å². The van der Waals surface area contributed by atoms with Crippen LogP contribution < -0.4 is 24.2 Å². The average Bonchev–Trinajstić information content (AvgIpc) is 3.49. The fourth-order valence-corrected chi connectivity index (χ4v) is 4.64. The van der Waals surface area contributed by atoms with Crippen LogP contribution in [0.3, 0.4) is 0 Å². The van der Waals surface area contributed by atoms with E-state index in [0.29, 0.717) is 22.6 Å². The van der Waals surface area contributed by atoms with Gasteiger partial charge in [0.25, 0.3) is 10.0 Å². The van der Waals surface area contributed by atoms with E-state index in [-0.39, 0.29) is 33.5 Å². The lowest BCUT2D eigenvalue weighted by Crippen LogP contribution is -2.15. The third-order valence-corrected chi connectivity index (χ3v) is 6.32. The highest BCUT2D eigenvalue weighted by molar-refractivity contribution is 7.93. The second kappa shape index (κ2) is 9.42. The van der Waals surface area contributed by atoms with E-state index in [0.717, 1.165) is 0 Å². The Morgan fingerprint density at radius 2 is 1.69 bits per heavy atom. The van der Waals surface area contributed by atoms with Crippen molar-refractivity contribution in [1.29, 1.82) is 0 Å². The van der Waals surface area contributed by atoms with Crippen molar-refractivity contribution in [1.82, 2.24) is 15.4 Å². The molecule has 14 heteroatoms. The molecule has 0 spiro atoms. The zero-order chi connectivity index (χ0) is 25.2. The predicted molar refractivity (Wildman–Crippen MR) is 124 cm³/mol. The van der Waals surface area contributed by atoms with Gasteiger partial charge in [-0.3, -0.25) is 9.82 Å². The molecule has 0 saturated carbocycles. The molecule has 0 aliphatic carbocycles. The number of esters is 1. The first-order valence-electron chi connectivity index (χ1n) is 9.93. The minimum Gasteiger partial charge on any atom is -0.495 e. The number of rotatable bonds is 9. The van der Waals surface area contributed by atoms with E-state index < -0.39 is 16.0 Å². The van der Waals surface area contributed by atoms with E-state index in [4.69, 9.17) is 18.7 Å². The summed E-state index contributed by atoms with van der Waals surface area (Å²) in [6.07, 6.45) is 0. The molecule has 2 heterocycles. The summed E-state index contributed by atoms with van der Waals surface area (Å²) >= 11 is 0. The molecule has 184 valence electrons. The predicted octanol–water partition coefficient (Wildman–Crippen LogP) is 2.91. The monoisotopic (exact) mass is 503 g/mol.